The fourth-order valence-corrected chi connectivity index (χ4v) is 1.94. The van der Waals surface area contributed by atoms with Crippen LogP contribution in [0.1, 0.15) is 6.92 Å². The van der Waals surface area contributed by atoms with Gasteiger partial charge in [-0.2, -0.15) is 0 Å². The molecule has 1 atom stereocenters. The van der Waals surface area contributed by atoms with Crippen molar-refractivity contribution in [3.8, 4) is 0 Å². The Morgan fingerprint density at radius 1 is 1.25 bits per heavy atom. The molecule has 0 amide bonds. The third-order valence-electron chi connectivity index (χ3n) is 2.37. The SMILES string of the molecule is CC1=CN(C)C2C(=C1)C=CN2C. The Balaban J connectivity index is 2.36. The van der Waals surface area contributed by atoms with E-state index in [9.17, 15) is 0 Å². The second-order valence-corrected chi connectivity index (χ2v) is 3.54. The molecule has 2 heteroatoms. The van der Waals surface area contributed by atoms with Crippen molar-refractivity contribution in [2.45, 2.75) is 13.1 Å². The Labute approximate surface area is 73.5 Å². The van der Waals surface area contributed by atoms with Crippen LogP contribution in [-0.2, 0) is 0 Å². The summed E-state index contributed by atoms with van der Waals surface area (Å²) in [5, 5.41) is 0. The summed E-state index contributed by atoms with van der Waals surface area (Å²) in [7, 11) is 4.22. The third-order valence-corrected chi connectivity index (χ3v) is 2.37. The quantitative estimate of drug-likeness (QED) is 0.533. The Kier molecular flexibility index (Phi) is 1.50. The number of likely N-dealkylation sites (N-methyl/N-ethyl adjacent to an activating group) is 2. The molecule has 0 N–H and O–H groups in total. The van der Waals surface area contributed by atoms with Gasteiger partial charge in [0.05, 0.1) is 0 Å². The molecule has 0 saturated heterocycles. The van der Waals surface area contributed by atoms with Gasteiger partial charge < -0.3 is 9.80 Å². The van der Waals surface area contributed by atoms with Crippen molar-refractivity contribution in [2.24, 2.45) is 0 Å². The predicted octanol–water partition coefficient (Wildman–Crippen LogP) is 1.55. The van der Waals surface area contributed by atoms with E-state index in [4.69, 9.17) is 0 Å². The van der Waals surface area contributed by atoms with Gasteiger partial charge in [-0.1, -0.05) is 6.08 Å². The van der Waals surface area contributed by atoms with Gasteiger partial charge in [-0.15, -0.1) is 0 Å². The molecular formula is C10H14N2. The molecule has 0 aromatic carbocycles. The van der Waals surface area contributed by atoms with Gasteiger partial charge in [0.25, 0.3) is 0 Å². The lowest BCUT2D eigenvalue weighted by Crippen LogP contribution is -2.39. The Morgan fingerprint density at radius 2 is 2.00 bits per heavy atom. The molecule has 0 saturated carbocycles. The van der Waals surface area contributed by atoms with Gasteiger partial charge in [0.2, 0.25) is 0 Å². The lowest BCUT2D eigenvalue weighted by atomic mass is 10.1. The van der Waals surface area contributed by atoms with Gasteiger partial charge >= 0.3 is 0 Å². The van der Waals surface area contributed by atoms with E-state index in [1.54, 1.807) is 0 Å². The fraction of sp³-hybridized carbons (Fsp3) is 0.400. The molecule has 1 unspecified atom stereocenters. The standard InChI is InChI=1S/C10H14N2/c1-8-6-9-4-5-11(2)10(9)12(3)7-8/h4-7,10H,1-3H3. The maximum absolute atomic E-state index is 2.24. The van der Waals surface area contributed by atoms with E-state index in [2.05, 4.69) is 55.4 Å². The van der Waals surface area contributed by atoms with Gasteiger partial charge in [-0.05, 0) is 24.1 Å². The number of fused-ring (bicyclic) bond motifs is 1. The summed E-state index contributed by atoms with van der Waals surface area (Å²) >= 11 is 0. The van der Waals surface area contributed by atoms with Crippen LogP contribution in [-0.4, -0.2) is 30.1 Å². The number of hydrogen-bond acceptors (Lipinski definition) is 2. The van der Waals surface area contributed by atoms with E-state index >= 15 is 0 Å². The Bertz CT molecular complexity index is 286. The molecule has 0 aromatic rings. The maximum Gasteiger partial charge on any atom is 0.127 e. The van der Waals surface area contributed by atoms with Crippen molar-refractivity contribution in [1.82, 2.24) is 9.80 Å². The molecule has 0 spiro atoms. The van der Waals surface area contributed by atoms with Crippen LogP contribution in [0.25, 0.3) is 0 Å². The zero-order chi connectivity index (χ0) is 8.72. The highest BCUT2D eigenvalue weighted by atomic mass is 15.3. The minimum atomic E-state index is 0.425. The molecule has 0 aromatic heterocycles. The molecule has 2 aliphatic rings. The fourth-order valence-electron chi connectivity index (χ4n) is 1.94. The van der Waals surface area contributed by atoms with Crippen LogP contribution in [0.5, 0.6) is 0 Å². The number of rotatable bonds is 0. The number of nitrogens with zero attached hydrogens (tertiary/aromatic N) is 2. The summed E-state index contributed by atoms with van der Waals surface area (Å²) in [5.41, 5.74) is 2.71. The van der Waals surface area contributed by atoms with Crippen LogP contribution in [0.4, 0.5) is 0 Å². The summed E-state index contributed by atoms with van der Waals surface area (Å²) in [6, 6.07) is 0. The topological polar surface area (TPSA) is 6.48 Å². The van der Waals surface area contributed by atoms with E-state index in [0.29, 0.717) is 6.17 Å². The highest BCUT2D eigenvalue weighted by molar-refractivity contribution is 5.39. The first-order valence-corrected chi connectivity index (χ1v) is 4.20. The van der Waals surface area contributed by atoms with E-state index in [1.165, 1.54) is 11.1 Å². The van der Waals surface area contributed by atoms with Crippen LogP contribution in [0.3, 0.4) is 0 Å². The maximum atomic E-state index is 2.24. The van der Waals surface area contributed by atoms with E-state index in [-0.39, 0.29) is 0 Å². The average molecular weight is 162 g/mol. The van der Waals surface area contributed by atoms with E-state index < -0.39 is 0 Å². The van der Waals surface area contributed by atoms with Crippen LogP contribution in [0.2, 0.25) is 0 Å². The monoisotopic (exact) mass is 162 g/mol. The van der Waals surface area contributed by atoms with Crippen molar-refractivity contribution in [2.75, 3.05) is 14.1 Å². The largest absolute Gasteiger partial charge is 0.357 e. The Morgan fingerprint density at radius 3 is 2.75 bits per heavy atom. The molecule has 2 aliphatic heterocycles. The highest BCUT2D eigenvalue weighted by Gasteiger charge is 2.25. The van der Waals surface area contributed by atoms with E-state index in [1.807, 2.05) is 0 Å². The summed E-state index contributed by atoms with van der Waals surface area (Å²) in [5.74, 6) is 0. The van der Waals surface area contributed by atoms with Crippen molar-refractivity contribution in [3.63, 3.8) is 0 Å². The van der Waals surface area contributed by atoms with Crippen molar-refractivity contribution < 1.29 is 0 Å². The molecule has 12 heavy (non-hydrogen) atoms. The summed E-state index contributed by atoms with van der Waals surface area (Å²) in [6.45, 7) is 2.13. The lowest BCUT2D eigenvalue weighted by Gasteiger charge is -2.33. The van der Waals surface area contributed by atoms with Gasteiger partial charge in [0.15, 0.2) is 0 Å². The summed E-state index contributed by atoms with van der Waals surface area (Å²) < 4.78 is 0. The molecule has 0 bridgehead atoms. The Hall–Kier alpha value is -1.18. The zero-order valence-corrected chi connectivity index (χ0v) is 7.78. The van der Waals surface area contributed by atoms with Crippen LogP contribution >= 0.6 is 0 Å². The second kappa shape index (κ2) is 2.41. The number of allylic oxidation sites excluding steroid dienone is 2. The highest BCUT2D eigenvalue weighted by Crippen LogP contribution is 2.26. The molecule has 2 rings (SSSR count). The molecular weight excluding hydrogens is 148 g/mol. The molecule has 64 valence electrons. The van der Waals surface area contributed by atoms with Crippen molar-refractivity contribution >= 4 is 0 Å². The minimum Gasteiger partial charge on any atom is -0.357 e. The zero-order valence-electron chi connectivity index (χ0n) is 7.78. The van der Waals surface area contributed by atoms with Gasteiger partial charge in [0, 0.05) is 26.5 Å². The molecule has 2 nitrogen and oxygen atoms in total. The van der Waals surface area contributed by atoms with Crippen LogP contribution < -0.4 is 0 Å². The molecule has 2 heterocycles. The van der Waals surface area contributed by atoms with E-state index in [0.717, 1.165) is 0 Å². The smallest absolute Gasteiger partial charge is 0.127 e. The first-order valence-electron chi connectivity index (χ1n) is 4.20. The number of hydrogen-bond donors (Lipinski definition) is 0. The predicted molar refractivity (Wildman–Crippen MR) is 50.3 cm³/mol. The van der Waals surface area contributed by atoms with Crippen molar-refractivity contribution in [3.05, 3.63) is 35.7 Å². The summed E-state index contributed by atoms with van der Waals surface area (Å²) in [4.78, 5) is 4.46. The average Bonchev–Trinajstić information content (AvgIpc) is 2.31. The molecule has 0 radical (unpaired) electrons. The first-order chi connectivity index (χ1) is 5.68. The van der Waals surface area contributed by atoms with Gasteiger partial charge in [-0.3, -0.25) is 0 Å². The van der Waals surface area contributed by atoms with Gasteiger partial charge in [-0.25, -0.2) is 0 Å². The third kappa shape index (κ3) is 0.951. The molecule has 0 aliphatic carbocycles. The van der Waals surface area contributed by atoms with Crippen molar-refractivity contribution in [1.29, 1.82) is 0 Å². The van der Waals surface area contributed by atoms with Crippen LogP contribution in [0.15, 0.2) is 35.7 Å². The minimum absolute atomic E-state index is 0.425. The lowest BCUT2D eigenvalue weighted by molar-refractivity contribution is 0.216. The molecule has 0 fully saturated rings. The first kappa shape index (κ1) is 7.47. The van der Waals surface area contributed by atoms with Crippen LogP contribution in [0, 0.1) is 0 Å². The normalized spacial score (nSPS) is 27.1. The second-order valence-electron chi connectivity index (χ2n) is 3.54. The summed E-state index contributed by atoms with van der Waals surface area (Å²) in [6.07, 6.45) is 9.15. The van der Waals surface area contributed by atoms with Gasteiger partial charge in [0.1, 0.15) is 6.17 Å².